The van der Waals surface area contributed by atoms with Crippen LogP contribution in [0.5, 0.6) is 0 Å². The number of ether oxygens (including phenoxy) is 1. The summed E-state index contributed by atoms with van der Waals surface area (Å²) >= 11 is 3.11. The van der Waals surface area contributed by atoms with Crippen molar-refractivity contribution in [3.05, 3.63) is 0 Å². The number of aromatic nitrogens is 2. The average Bonchev–Trinajstić information content (AvgIpc) is 2.71. The molecule has 1 aliphatic rings. The molecule has 72 valence electrons. The van der Waals surface area contributed by atoms with Gasteiger partial charge in [-0.25, -0.2) is 0 Å². The van der Waals surface area contributed by atoms with Crippen molar-refractivity contribution in [1.29, 1.82) is 0 Å². The monoisotopic (exact) mass is 217 g/mol. The van der Waals surface area contributed by atoms with Gasteiger partial charge in [-0.05, 0) is 12.8 Å². The Morgan fingerprint density at radius 1 is 1.62 bits per heavy atom. The molecule has 0 bridgehead atoms. The number of nitrogens with two attached hydrogens (primary N) is 1. The van der Waals surface area contributed by atoms with Crippen LogP contribution in [0.4, 0.5) is 5.13 Å². The molecular weight excluding hydrogens is 206 g/mol. The van der Waals surface area contributed by atoms with Crippen molar-refractivity contribution in [3.63, 3.8) is 0 Å². The van der Waals surface area contributed by atoms with E-state index in [0.29, 0.717) is 11.2 Å². The Labute approximate surface area is 84.9 Å². The van der Waals surface area contributed by atoms with Crippen molar-refractivity contribution in [3.8, 4) is 0 Å². The van der Waals surface area contributed by atoms with E-state index < -0.39 is 0 Å². The van der Waals surface area contributed by atoms with Crippen molar-refractivity contribution in [2.45, 2.75) is 23.3 Å². The minimum Gasteiger partial charge on any atom is -0.377 e. The lowest BCUT2D eigenvalue weighted by atomic mass is 10.3. The fourth-order valence-electron chi connectivity index (χ4n) is 1.22. The van der Waals surface area contributed by atoms with E-state index in [1.54, 1.807) is 11.8 Å². The first kappa shape index (κ1) is 9.23. The van der Waals surface area contributed by atoms with Crippen LogP contribution >= 0.6 is 23.1 Å². The normalized spacial score (nSPS) is 22.3. The predicted molar refractivity (Wildman–Crippen MR) is 54.0 cm³/mol. The molecule has 4 nitrogen and oxygen atoms in total. The van der Waals surface area contributed by atoms with Crippen molar-refractivity contribution in [1.82, 2.24) is 10.2 Å². The second-order valence-electron chi connectivity index (χ2n) is 2.85. The first-order valence-corrected chi connectivity index (χ1v) is 5.98. The van der Waals surface area contributed by atoms with Gasteiger partial charge >= 0.3 is 0 Å². The standard InChI is InChI=1S/C7H11N3OS2/c8-6-9-10-7(13-6)12-4-5-2-1-3-11-5/h5H,1-4H2,(H2,8,9). The maximum absolute atomic E-state index is 5.49. The third-order valence-corrected chi connectivity index (χ3v) is 3.86. The molecule has 0 spiro atoms. The van der Waals surface area contributed by atoms with Crippen molar-refractivity contribution in [2.75, 3.05) is 18.1 Å². The number of anilines is 1. The van der Waals surface area contributed by atoms with Gasteiger partial charge in [0.15, 0.2) is 4.34 Å². The van der Waals surface area contributed by atoms with Crippen LogP contribution in [0.3, 0.4) is 0 Å². The Hall–Kier alpha value is -0.330. The molecule has 2 rings (SSSR count). The maximum Gasteiger partial charge on any atom is 0.203 e. The Kier molecular flexibility index (Phi) is 3.02. The minimum absolute atomic E-state index is 0.398. The highest BCUT2D eigenvalue weighted by atomic mass is 32.2. The summed E-state index contributed by atoms with van der Waals surface area (Å²) in [5.41, 5.74) is 5.46. The van der Waals surface area contributed by atoms with E-state index >= 15 is 0 Å². The summed E-state index contributed by atoms with van der Waals surface area (Å²) in [5.74, 6) is 0.967. The van der Waals surface area contributed by atoms with Gasteiger partial charge in [0.25, 0.3) is 0 Å². The zero-order valence-corrected chi connectivity index (χ0v) is 8.74. The van der Waals surface area contributed by atoms with Gasteiger partial charge in [0, 0.05) is 12.4 Å². The summed E-state index contributed by atoms with van der Waals surface area (Å²) in [7, 11) is 0. The quantitative estimate of drug-likeness (QED) is 0.775. The van der Waals surface area contributed by atoms with E-state index in [2.05, 4.69) is 10.2 Å². The van der Waals surface area contributed by atoms with Gasteiger partial charge in [-0.1, -0.05) is 23.1 Å². The summed E-state index contributed by atoms with van der Waals surface area (Å²) in [6.45, 7) is 0.906. The minimum atomic E-state index is 0.398. The van der Waals surface area contributed by atoms with Crippen molar-refractivity contribution < 1.29 is 4.74 Å². The van der Waals surface area contributed by atoms with E-state index in [1.807, 2.05) is 0 Å². The fourth-order valence-corrected chi connectivity index (χ4v) is 2.95. The second-order valence-corrected chi connectivity index (χ2v) is 5.13. The van der Waals surface area contributed by atoms with Crippen LogP contribution in [0.1, 0.15) is 12.8 Å². The van der Waals surface area contributed by atoms with Crippen LogP contribution in [-0.2, 0) is 4.74 Å². The Balaban J connectivity index is 1.78. The SMILES string of the molecule is Nc1nnc(SCC2CCCO2)s1. The number of hydrogen-bond acceptors (Lipinski definition) is 6. The highest BCUT2D eigenvalue weighted by molar-refractivity contribution is 8.01. The molecule has 1 aromatic rings. The lowest BCUT2D eigenvalue weighted by molar-refractivity contribution is 0.129. The molecule has 0 aromatic carbocycles. The zero-order chi connectivity index (χ0) is 9.10. The molecule has 1 aromatic heterocycles. The first-order chi connectivity index (χ1) is 6.34. The maximum atomic E-state index is 5.49. The molecule has 2 heterocycles. The molecule has 13 heavy (non-hydrogen) atoms. The van der Waals surface area contributed by atoms with E-state index in [1.165, 1.54) is 24.2 Å². The van der Waals surface area contributed by atoms with E-state index in [9.17, 15) is 0 Å². The Bertz CT molecular complexity index is 272. The summed E-state index contributed by atoms with van der Waals surface area (Å²) in [6, 6.07) is 0. The van der Waals surface area contributed by atoms with Gasteiger partial charge in [0.1, 0.15) is 0 Å². The summed E-state index contributed by atoms with van der Waals surface area (Å²) < 4.78 is 6.42. The molecule has 2 N–H and O–H groups in total. The zero-order valence-electron chi connectivity index (χ0n) is 7.10. The van der Waals surface area contributed by atoms with Crippen LogP contribution in [0.25, 0.3) is 0 Å². The molecule has 1 atom stereocenters. The van der Waals surface area contributed by atoms with Gasteiger partial charge in [-0.15, -0.1) is 10.2 Å². The molecule has 1 unspecified atom stereocenters. The third kappa shape index (κ3) is 2.55. The van der Waals surface area contributed by atoms with Crippen LogP contribution in [0.15, 0.2) is 4.34 Å². The summed E-state index contributed by atoms with van der Waals surface area (Å²) in [4.78, 5) is 0. The molecule has 6 heteroatoms. The van der Waals surface area contributed by atoms with Crippen LogP contribution in [-0.4, -0.2) is 28.7 Å². The molecule has 1 saturated heterocycles. The molecule has 0 saturated carbocycles. The van der Waals surface area contributed by atoms with E-state index in [4.69, 9.17) is 10.5 Å². The van der Waals surface area contributed by atoms with E-state index in [0.717, 1.165) is 16.7 Å². The molecule has 1 aliphatic heterocycles. The first-order valence-electron chi connectivity index (χ1n) is 4.18. The lowest BCUT2D eigenvalue weighted by Gasteiger charge is -2.05. The number of nitrogen functional groups attached to an aromatic ring is 1. The molecule has 0 aliphatic carbocycles. The van der Waals surface area contributed by atoms with Crippen LogP contribution in [0, 0.1) is 0 Å². The number of thioether (sulfide) groups is 1. The number of nitrogens with zero attached hydrogens (tertiary/aromatic N) is 2. The molecular formula is C7H11N3OS2. The predicted octanol–water partition coefficient (Wildman–Crippen LogP) is 1.39. The summed E-state index contributed by atoms with van der Waals surface area (Å²) in [6.07, 6.45) is 2.75. The van der Waals surface area contributed by atoms with E-state index in [-0.39, 0.29) is 0 Å². The Morgan fingerprint density at radius 2 is 2.54 bits per heavy atom. The van der Waals surface area contributed by atoms with Gasteiger partial charge in [-0.3, -0.25) is 0 Å². The highest BCUT2D eigenvalue weighted by Gasteiger charge is 2.16. The van der Waals surface area contributed by atoms with Crippen LogP contribution < -0.4 is 5.73 Å². The second kappa shape index (κ2) is 4.26. The molecule has 0 radical (unpaired) electrons. The highest BCUT2D eigenvalue weighted by Crippen LogP contribution is 2.26. The van der Waals surface area contributed by atoms with Crippen molar-refractivity contribution >= 4 is 28.2 Å². The van der Waals surface area contributed by atoms with Gasteiger partial charge in [0.05, 0.1) is 6.10 Å². The molecule has 1 fully saturated rings. The molecule has 0 amide bonds. The van der Waals surface area contributed by atoms with Crippen molar-refractivity contribution in [2.24, 2.45) is 0 Å². The summed E-state index contributed by atoms with van der Waals surface area (Å²) in [5, 5.41) is 8.21. The van der Waals surface area contributed by atoms with Gasteiger partial charge < -0.3 is 10.5 Å². The average molecular weight is 217 g/mol. The van der Waals surface area contributed by atoms with Crippen LogP contribution in [0.2, 0.25) is 0 Å². The topological polar surface area (TPSA) is 61.0 Å². The third-order valence-electron chi connectivity index (χ3n) is 1.84. The number of rotatable bonds is 3. The fraction of sp³-hybridized carbons (Fsp3) is 0.714. The van der Waals surface area contributed by atoms with Gasteiger partial charge in [0.2, 0.25) is 5.13 Å². The largest absolute Gasteiger partial charge is 0.377 e. The smallest absolute Gasteiger partial charge is 0.203 e. The Morgan fingerprint density at radius 3 is 3.15 bits per heavy atom. The van der Waals surface area contributed by atoms with Gasteiger partial charge in [-0.2, -0.15) is 0 Å². The number of hydrogen-bond donors (Lipinski definition) is 1. The lowest BCUT2D eigenvalue weighted by Crippen LogP contribution is -2.07.